The van der Waals surface area contributed by atoms with Crippen molar-refractivity contribution in [1.82, 2.24) is 15.5 Å². The van der Waals surface area contributed by atoms with Crippen LogP contribution in [-0.4, -0.2) is 29.2 Å². The van der Waals surface area contributed by atoms with Crippen LogP contribution in [0, 0.1) is 0 Å². The molecule has 2 atom stereocenters. The zero-order valence-corrected chi connectivity index (χ0v) is 17.1. The minimum Gasteiger partial charge on any atom is -0.459 e. The Labute approximate surface area is 173 Å². The van der Waals surface area contributed by atoms with E-state index in [1.54, 1.807) is 18.4 Å². The molecule has 30 heavy (non-hydrogen) atoms. The number of fused-ring (bicyclic) bond motifs is 1. The zero-order chi connectivity index (χ0) is 20.9. The van der Waals surface area contributed by atoms with Gasteiger partial charge in [0.2, 0.25) is 0 Å². The van der Waals surface area contributed by atoms with Crippen molar-refractivity contribution in [2.24, 2.45) is 0 Å². The lowest BCUT2D eigenvalue weighted by Crippen LogP contribution is -3.12. The first-order valence-corrected chi connectivity index (χ1v) is 10.1. The number of furan rings is 2. The quantitative estimate of drug-likeness (QED) is 0.441. The minimum absolute atomic E-state index is 0.0582. The van der Waals surface area contributed by atoms with Gasteiger partial charge in [0.1, 0.15) is 11.3 Å². The fourth-order valence-corrected chi connectivity index (χ4v) is 3.44. The second-order valence-corrected chi connectivity index (χ2v) is 7.31. The summed E-state index contributed by atoms with van der Waals surface area (Å²) in [4.78, 5) is 13.7. The molecule has 0 fully saturated rings. The molecule has 8 heteroatoms. The maximum atomic E-state index is 12.7. The summed E-state index contributed by atoms with van der Waals surface area (Å²) in [5.74, 6) is 2.03. The number of nitrogens with zero attached hydrogens (tertiary/aromatic N) is 2. The third kappa shape index (κ3) is 4.60. The van der Waals surface area contributed by atoms with Crippen molar-refractivity contribution in [3.63, 3.8) is 0 Å². The average molecular weight is 409 g/mol. The van der Waals surface area contributed by atoms with E-state index in [9.17, 15) is 4.79 Å². The van der Waals surface area contributed by atoms with Crippen LogP contribution >= 0.6 is 0 Å². The molecular formula is C22H25N4O4+. The molecule has 1 unspecified atom stereocenters. The summed E-state index contributed by atoms with van der Waals surface area (Å²) in [6.07, 6.45) is 2.49. The standard InChI is InChI=1S/C22H24N4O4/c1-3-10-26(14-21-24-25-22(30-21)18-9-6-11-28-18)13-20(27)23-15(2)19-12-16-7-4-5-8-17(16)29-19/h4-9,11-12,15H,3,10,13-14H2,1-2H3,(H,23,27)/p+1/t15-/m0/s1. The van der Waals surface area contributed by atoms with E-state index < -0.39 is 0 Å². The van der Waals surface area contributed by atoms with Crippen molar-refractivity contribution in [3.05, 3.63) is 60.4 Å². The summed E-state index contributed by atoms with van der Waals surface area (Å²) in [6.45, 7) is 5.58. The van der Waals surface area contributed by atoms with Gasteiger partial charge in [-0.25, -0.2) is 0 Å². The summed E-state index contributed by atoms with van der Waals surface area (Å²) >= 11 is 0. The largest absolute Gasteiger partial charge is 0.459 e. The van der Waals surface area contributed by atoms with Crippen LogP contribution in [0.2, 0.25) is 0 Å². The molecule has 0 aliphatic heterocycles. The molecule has 0 spiro atoms. The highest BCUT2D eigenvalue weighted by atomic mass is 16.4. The third-order valence-corrected chi connectivity index (χ3v) is 4.86. The summed E-state index contributed by atoms with van der Waals surface area (Å²) < 4.78 is 16.8. The number of amides is 1. The zero-order valence-electron chi connectivity index (χ0n) is 17.1. The average Bonchev–Trinajstić information content (AvgIpc) is 3.47. The molecule has 0 radical (unpaired) electrons. The van der Waals surface area contributed by atoms with Crippen LogP contribution in [0.3, 0.4) is 0 Å². The highest BCUT2D eigenvalue weighted by Crippen LogP contribution is 2.23. The first kappa shape index (κ1) is 19.9. The van der Waals surface area contributed by atoms with E-state index >= 15 is 0 Å². The van der Waals surface area contributed by atoms with E-state index in [-0.39, 0.29) is 11.9 Å². The van der Waals surface area contributed by atoms with Crippen LogP contribution in [0.25, 0.3) is 22.6 Å². The molecule has 3 aromatic heterocycles. The lowest BCUT2D eigenvalue weighted by atomic mass is 10.2. The van der Waals surface area contributed by atoms with E-state index in [1.807, 2.05) is 37.3 Å². The Morgan fingerprint density at radius 3 is 2.80 bits per heavy atom. The fourth-order valence-electron chi connectivity index (χ4n) is 3.44. The van der Waals surface area contributed by atoms with Gasteiger partial charge >= 0.3 is 0 Å². The lowest BCUT2D eigenvalue weighted by molar-refractivity contribution is -0.907. The van der Waals surface area contributed by atoms with Gasteiger partial charge in [0.15, 0.2) is 18.8 Å². The van der Waals surface area contributed by atoms with Gasteiger partial charge in [-0.05, 0) is 37.6 Å². The van der Waals surface area contributed by atoms with Gasteiger partial charge in [0, 0.05) is 5.39 Å². The van der Waals surface area contributed by atoms with Gasteiger partial charge in [-0.1, -0.05) is 25.1 Å². The van der Waals surface area contributed by atoms with Gasteiger partial charge in [-0.2, -0.15) is 0 Å². The molecule has 4 aromatic rings. The third-order valence-electron chi connectivity index (χ3n) is 4.86. The maximum absolute atomic E-state index is 12.7. The summed E-state index contributed by atoms with van der Waals surface area (Å²) in [6, 6.07) is 13.1. The molecular weight excluding hydrogens is 384 g/mol. The van der Waals surface area contributed by atoms with Crippen LogP contribution in [0.5, 0.6) is 0 Å². The Hall–Kier alpha value is -3.39. The van der Waals surface area contributed by atoms with Crippen LogP contribution in [0.4, 0.5) is 0 Å². The van der Waals surface area contributed by atoms with Gasteiger partial charge in [0.25, 0.3) is 17.7 Å². The highest BCUT2D eigenvalue weighted by Gasteiger charge is 2.21. The summed E-state index contributed by atoms with van der Waals surface area (Å²) in [5, 5.41) is 12.2. The van der Waals surface area contributed by atoms with Crippen LogP contribution < -0.4 is 10.2 Å². The smallest absolute Gasteiger partial charge is 0.283 e. The molecule has 1 aromatic carbocycles. The van der Waals surface area contributed by atoms with E-state index in [2.05, 4.69) is 22.4 Å². The van der Waals surface area contributed by atoms with E-state index in [0.29, 0.717) is 30.6 Å². The van der Waals surface area contributed by atoms with Crippen molar-refractivity contribution >= 4 is 16.9 Å². The molecule has 0 aliphatic rings. The Kier molecular flexibility index (Phi) is 5.94. The predicted octanol–water partition coefficient (Wildman–Crippen LogP) is 2.75. The molecule has 4 rings (SSSR count). The number of para-hydroxylation sites is 1. The molecule has 0 aliphatic carbocycles. The monoisotopic (exact) mass is 409 g/mol. The number of carbonyl (C=O) groups excluding carboxylic acids is 1. The van der Waals surface area contributed by atoms with Crippen molar-refractivity contribution in [1.29, 1.82) is 0 Å². The Morgan fingerprint density at radius 2 is 2.03 bits per heavy atom. The van der Waals surface area contributed by atoms with Crippen molar-refractivity contribution in [2.75, 3.05) is 13.1 Å². The predicted molar refractivity (Wildman–Crippen MR) is 109 cm³/mol. The van der Waals surface area contributed by atoms with E-state index in [0.717, 1.165) is 34.6 Å². The van der Waals surface area contributed by atoms with E-state index in [1.165, 1.54) is 0 Å². The maximum Gasteiger partial charge on any atom is 0.283 e. The Morgan fingerprint density at radius 1 is 1.17 bits per heavy atom. The van der Waals surface area contributed by atoms with Crippen molar-refractivity contribution < 1.29 is 22.9 Å². The van der Waals surface area contributed by atoms with E-state index in [4.69, 9.17) is 13.3 Å². The molecule has 8 nitrogen and oxygen atoms in total. The normalized spacial score (nSPS) is 13.4. The number of aromatic nitrogens is 2. The molecule has 1 amide bonds. The number of quaternary nitrogens is 1. The summed E-state index contributed by atoms with van der Waals surface area (Å²) in [7, 11) is 0. The lowest BCUT2D eigenvalue weighted by Gasteiger charge is -2.18. The van der Waals surface area contributed by atoms with Gasteiger partial charge in [-0.3, -0.25) is 4.79 Å². The second-order valence-electron chi connectivity index (χ2n) is 7.31. The molecule has 2 N–H and O–H groups in total. The number of benzene rings is 1. The Bertz CT molecular complexity index is 1070. The highest BCUT2D eigenvalue weighted by molar-refractivity contribution is 5.79. The molecule has 0 saturated carbocycles. The Balaban J connectivity index is 1.36. The number of hydrogen-bond acceptors (Lipinski definition) is 6. The first-order chi connectivity index (χ1) is 14.6. The van der Waals surface area contributed by atoms with Gasteiger partial charge in [-0.15, -0.1) is 10.2 Å². The number of rotatable bonds is 9. The van der Waals surface area contributed by atoms with Crippen LogP contribution in [0.15, 0.2) is 62.0 Å². The van der Waals surface area contributed by atoms with Crippen molar-refractivity contribution in [3.8, 4) is 11.7 Å². The molecule has 3 heterocycles. The van der Waals surface area contributed by atoms with Crippen molar-refractivity contribution in [2.45, 2.75) is 32.9 Å². The molecule has 0 bridgehead atoms. The minimum atomic E-state index is -0.221. The number of nitrogens with one attached hydrogen (secondary N) is 2. The van der Waals surface area contributed by atoms with Gasteiger partial charge < -0.3 is 23.5 Å². The van der Waals surface area contributed by atoms with Crippen LogP contribution in [0.1, 0.15) is 38.0 Å². The first-order valence-electron chi connectivity index (χ1n) is 10.1. The molecule has 0 saturated heterocycles. The van der Waals surface area contributed by atoms with Gasteiger partial charge in [0.05, 0.1) is 18.8 Å². The summed E-state index contributed by atoms with van der Waals surface area (Å²) in [5.41, 5.74) is 0.815. The number of hydrogen-bond donors (Lipinski definition) is 2. The second kappa shape index (κ2) is 8.96. The number of carbonyl (C=O) groups is 1. The SMILES string of the molecule is CCC[NH+](CC(=O)N[C@@H](C)c1cc2ccccc2o1)Cc1nnc(-c2ccco2)o1. The topological polar surface area (TPSA) is 98.7 Å². The van der Waals surface area contributed by atoms with Crippen LogP contribution in [-0.2, 0) is 11.3 Å². The fraction of sp³-hybridized carbons (Fsp3) is 0.318. The molecule has 156 valence electrons.